The fraction of sp³-hybridized carbons (Fsp3) is 0.500. The average Bonchev–Trinajstić information content (AvgIpc) is 2.35. The van der Waals surface area contributed by atoms with Crippen LogP contribution in [-0.2, 0) is 0 Å². The Balaban J connectivity index is 2.10. The molecule has 88 valence electrons. The predicted molar refractivity (Wildman–Crippen MR) is 60.9 cm³/mol. The van der Waals surface area contributed by atoms with Gasteiger partial charge >= 0.3 is 0 Å². The third-order valence-electron chi connectivity index (χ3n) is 2.62. The lowest BCUT2D eigenvalue weighted by Gasteiger charge is -2.20. The molecule has 16 heavy (non-hydrogen) atoms. The van der Waals surface area contributed by atoms with Crippen LogP contribution in [0.15, 0.2) is 18.2 Å². The van der Waals surface area contributed by atoms with Gasteiger partial charge in [0.1, 0.15) is 13.2 Å². The number of aliphatic hydroxyl groups excluding tert-OH is 1. The molecule has 0 aromatic heterocycles. The quantitative estimate of drug-likeness (QED) is 0.802. The lowest BCUT2D eigenvalue weighted by atomic mass is 10.1. The highest BCUT2D eigenvalue weighted by Crippen LogP contribution is 2.33. The van der Waals surface area contributed by atoms with Crippen LogP contribution in [0.25, 0.3) is 0 Å². The third kappa shape index (κ3) is 2.46. The second-order valence-electron chi connectivity index (χ2n) is 3.81. The van der Waals surface area contributed by atoms with Crippen molar-refractivity contribution in [3.8, 4) is 11.5 Å². The topological polar surface area (TPSA) is 50.7 Å². The molecular formula is C12H17NO3. The van der Waals surface area contributed by atoms with E-state index in [0.29, 0.717) is 19.6 Å². The smallest absolute Gasteiger partial charge is 0.161 e. The van der Waals surface area contributed by atoms with Gasteiger partial charge in [-0.05, 0) is 37.7 Å². The number of ether oxygens (including phenoxy) is 2. The molecule has 0 amide bonds. The summed E-state index contributed by atoms with van der Waals surface area (Å²) in [7, 11) is 1.87. The van der Waals surface area contributed by atoms with Crippen LogP contribution in [0.3, 0.4) is 0 Å². The summed E-state index contributed by atoms with van der Waals surface area (Å²) in [5.41, 5.74) is 0.875. The van der Waals surface area contributed by atoms with E-state index < -0.39 is 6.10 Å². The minimum absolute atomic E-state index is 0.455. The van der Waals surface area contributed by atoms with Crippen LogP contribution in [0.2, 0.25) is 0 Å². The lowest BCUT2D eigenvalue weighted by Crippen LogP contribution is -2.16. The number of fused-ring (bicyclic) bond motifs is 1. The molecule has 0 fully saturated rings. The first-order chi connectivity index (χ1) is 7.81. The Morgan fingerprint density at radius 3 is 2.81 bits per heavy atom. The van der Waals surface area contributed by atoms with E-state index in [-0.39, 0.29) is 0 Å². The fourth-order valence-electron chi connectivity index (χ4n) is 1.71. The third-order valence-corrected chi connectivity index (χ3v) is 2.62. The van der Waals surface area contributed by atoms with Crippen molar-refractivity contribution in [1.82, 2.24) is 5.32 Å². The van der Waals surface area contributed by atoms with Crippen LogP contribution < -0.4 is 14.8 Å². The van der Waals surface area contributed by atoms with Gasteiger partial charge in [0.05, 0.1) is 6.10 Å². The van der Waals surface area contributed by atoms with Crippen LogP contribution in [0.4, 0.5) is 0 Å². The molecule has 0 saturated carbocycles. The minimum atomic E-state index is -0.455. The standard InChI is InChI=1S/C12H17NO3/c1-13-5-4-10(14)9-2-3-11-12(8-9)16-7-6-15-11/h2-3,8,10,13-14H,4-7H2,1H3. The zero-order valence-electron chi connectivity index (χ0n) is 9.40. The van der Waals surface area contributed by atoms with E-state index in [9.17, 15) is 5.11 Å². The van der Waals surface area contributed by atoms with Gasteiger partial charge in [-0.25, -0.2) is 0 Å². The van der Waals surface area contributed by atoms with Gasteiger partial charge in [-0.3, -0.25) is 0 Å². The number of benzene rings is 1. The summed E-state index contributed by atoms with van der Waals surface area (Å²) < 4.78 is 10.9. The molecule has 0 saturated heterocycles. The maximum atomic E-state index is 9.92. The molecule has 1 unspecified atom stereocenters. The van der Waals surface area contributed by atoms with Gasteiger partial charge in [-0.15, -0.1) is 0 Å². The first-order valence-electron chi connectivity index (χ1n) is 5.53. The van der Waals surface area contributed by atoms with Gasteiger partial charge in [-0.2, -0.15) is 0 Å². The highest BCUT2D eigenvalue weighted by Gasteiger charge is 2.14. The van der Waals surface area contributed by atoms with Crippen LogP contribution in [0, 0.1) is 0 Å². The molecule has 2 N–H and O–H groups in total. The minimum Gasteiger partial charge on any atom is -0.486 e. The van der Waals surface area contributed by atoms with Crippen molar-refractivity contribution in [2.45, 2.75) is 12.5 Å². The first kappa shape index (κ1) is 11.2. The van der Waals surface area contributed by atoms with Crippen LogP contribution in [-0.4, -0.2) is 31.9 Å². The second kappa shape index (κ2) is 5.18. The van der Waals surface area contributed by atoms with Gasteiger partial charge in [0, 0.05) is 0 Å². The molecule has 1 aromatic carbocycles. The van der Waals surface area contributed by atoms with E-state index >= 15 is 0 Å². The van der Waals surface area contributed by atoms with Crippen molar-refractivity contribution in [2.24, 2.45) is 0 Å². The Kier molecular flexibility index (Phi) is 3.64. The Hall–Kier alpha value is -1.26. The fourth-order valence-corrected chi connectivity index (χ4v) is 1.71. The monoisotopic (exact) mass is 223 g/mol. The molecule has 1 aromatic rings. The van der Waals surface area contributed by atoms with E-state index in [4.69, 9.17) is 9.47 Å². The van der Waals surface area contributed by atoms with Crippen molar-refractivity contribution >= 4 is 0 Å². The number of hydrogen-bond donors (Lipinski definition) is 2. The molecule has 1 atom stereocenters. The maximum Gasteiger partial charge on any atom is 0.161 e. The molecular weight excluding hydrogens is 206 g/mol. The summed E-state index contributed by atoms with van der Waals surface area (Å²) in [6.45, 7) is 1.95. The second-order valence-corrected chi connectivity index (χ2v) is 3.81. The summed E-state index contributed by atoms with van der Waals surface area (Å²) in [4.78, 5) is 0. The molecule has 1 heterocycles. The largest absolute Gasteiger partial charge is 0.486 e. The van der Waals surface area contributed by atoms with Crippen molar-refractivity contribution in [3.05, 3.63) is 23.8 Å². The Morgan fingerprint density at radius 2 is 2.06 bits per heavy atom. The molecule has 2 rings (SSSR count). The number of hydrogen-bond acceptors (Lipinski definition) is 4. The Labute approximate surface area is 95.2 Å². The highest BCUT2D eigenvalue weighted by molar-refractivity contribution is 5.44. The predicted octanol–water partition coefficient (Wildman–Crippen LogP) is 1.10. The Bertz CT molecular complexity index is 354. The maximum absolute atomic E-state index is 9.92. The van der Waals surface area contributed by atoms with E-state index in [1.165, 1.54) is 0 Å². The van der Waals surface area contributed by atoms with Gasteiger partial charge in [0.2, 0.25) is 0 Å². The zero-order valence-corrected chi connectivity index (χ0v) is 9.40. The summed E-state index contributed by atoms with van der Waals surface area (Å²) in [6, 6.07) is 5.59. The normalized spacial score (nSPS) is 15.9. The molecule has 1 aliphatic rings. The molecule has 0 radical (unpaired) electrons. The number of rotatable bonds is 4. The first-order valence-corrected chi connectivity index (χ1v) is 5.53. The number of nitrogens with one attached hydrogen (secondary N) is 1. The Morgan fingerprint density at radius 1 is 1.31 bits per heavy atom. The SMILES string of the molecule is CNCCC(O)c1ccc2c(c1)OCCO2. The van der Waals surface area contributed by atoms with Gasteiger partial charge < -0.3 is 19.9 Å². The molecule has 0 aliphatic carbocycles. The van der Waals surface area contributed by atoms with E-state index in [1.807, 2.05) is 25.2 Å². The molecule has 0 bridgehead atoms. The van der Waals surface area contributed by atoms with Gasteiger partial charge in [0.25, 0.3) is 0 Å². The van der Waals surface area contributed by atoms with Crippen molar-refractivity contribution in [2.75, 3.05) is 26.8 Å². The van der Waals surface area contributed by atoms with Crippen LogP contribution >= 0.6 is 0 Å². The average molecular weight is 223 g/mol. The molecule has 4 heteroatoms. The molecule has 0 spiro atoms. The van der Waals surface area contributed by atoms with E-state index in [1.54, 1.807) is 0 Å². The van der Waals surface area contributed by atoms with E-state index in [0.717, 1.165) is 23.6 Å². The van der Waals surface area contributed by atoms with E-state index in [2.05, 4.69) is 5.32 Å². The zero-order chi connectivity index (χ0) is 11.4. The summed E-state index contributed by atoms with van der Waals surface area (Å²) in [5.74, 6) is 1.49. The van der Waals surface area contributed by atoms with Crippen LogP contribution in [0.5, 0.6) is 11.5 Å². The summed E-state index contributed by atoms with van der Waals surface area (Å²) >= 11 is 0. The van der Waals surface area contributed by atoms with Crippen LogP contribution in [0.1, 0.15) is 18.1 Å². The highest BCUT2D eigenvalue weighted by atomic mass is 16.6. The summed E-state index contributed by atoms with van der Waals surface area (Å²) in [5, 5.41) is 12.9. The van der Waals surface area contributed by atoms with Crippen molar-refractivity contribution in [3.63, 3.8) is 0 Å². The summed E-state index contributed by atoms with van der Waals surface area (Å²) in [6.07, 6.45) is 0.235. The lowest BCUT2D eigenvalue weighted by molar-refractivity contribution is 0.159. The van der Waals surface area contributed by atoms with Gasteiger partial charge in [-0.1, -0.05) is 6.07 Å². The van der Waals surface area contributed by atoms with Gasteiger partial charge in [0.15, 0.2) is 11.5 Å². The molecule has 1 aliphatic heterocycles. The van der Waals surface area contributed by atoms with Crippen molar-refractivity contribution in [1.29, 1.82) is 0 Å². The molecule has 4 nitrogen and oxygen atoms in total. The van der Waals surface area contributed by atoms with Crippen molar-refractivity contribution < 1.29 is 14.6 Å². The number of aliphatic hydroxyl groups is 1.